The van der Waals surface area contributed by atoms with E-state index in [9.17, 15) is 19.2 Å². The number of benzene rings is 1. The molecule has 0 bridgehead atoms. The molecular formula is C20H26O9. The van der Waals surface area contributed by atoms with Gasteiger partial charge < -0.3 is 23.7 Å². The quantitative estimate of drug-likeness (QED) is 0.324. The van der Waals surface area contributed by atoms with E-state index in [-0.39, 0.29) is 13.2 Å². The highest BCUT2D eigenvalue weighted by molar-refractivity contribution is 5.69. The third-order valence-electron chi connectivity index (χ3n) is 3.40. The van der Waals surface area contributed by atoms with E-state index >= 15 is 0 Å². The molecule has 1 aromatic carbocycles. The third kappa shape index (κ3) is 10.1. The first-order valence-electron chi connectivity index (χ1n) is 8.98. The van der Waals surface area contributed by atoms with E-state index in [0.717, 1.165) is 0 Å². The predicted octanol–water partition coefficient (Wildman–Crippen LogP) is 1.98. The van der Waals surface area contributed by atoms with Crippen molar-refractivity contribution in [3.05, 3.63) is 23.8 Å². The number of rotatable bonds is 10. The highest BCUT2D eigenvalue weighted by Gasteiger charge is 2.18. The zero-order valence-corrected chi connectivity index (χ0v) is 17.2. The molecule has 0 aliphatic carbocycles. The Balaban J connectivity index is 2.97. The van der Waals surface area contributed by atoms with Crippen LogP contribution in [0.3, 0.4) is 0 Å². The van der Waals surface area contributed by atoms with Gasteiger partial charge in [0.2, 0.25) is 0 Å². The van der Waals surface area contributed by atoms with Crippen LogP contribution in [0, 0.1) is 0 Å². The third-order valence-corrected chi connectivity index (χ3v) is 3.40. The lowest BCUT2D eigenvalue weighted by molar-refractivity contribution is -0.158. The van der Waals surface area contributed by atoms with Crippen molar-refractivity contribution in [1.29, 1.82) is 0 Å². The first-order chi connectivity index (χ1) is 13.6. The van der Waals surface area contributed by atoms with Gasteiger partial charge in [-0.25, -0.2) is 0 Å². The maximum atomic E-state index is 11.3. The zero-order valence-electron chi connectivity index (χ0n) is 17.2. The molecule has 2 unspecified atom stereocenters. The molecule has 0 aliphatic rings. The maximum Gasteiger partial charge on any atom is 0.308 e. The molecule has 0 fully saturated rings. The van der Waals surface area contributed by atoms with Gasteiger partial charge in [0.25, 0.3) is 0 Å². The summed E-state index contributed by atoms with van der Waals surface area (Å²) >= 11 is 0. The Bertz CT molecular complexity index is 741. The van der Waals surface area contributed by atoms with Crippen LogP contribution in [0.25, 0.3) is 0 Å². The smallest absolute Gasteiger partial charge is 0.308 e. The molecule has 2 atom stereocenters. The lowest BCUT2D eigenvalue weighted by Gasteiger charge is -2.20. The highest BCUT2D eigenvalue weighted by atomic mass is 16.6. The summed E-state index contributed by atoms with van der Waals surface area (Å²) in [5.41, 5.74) is 0.617. The van der Waals surface area contributed by atoms with E-state index in [1.807, 2.05) is 0 Å². The minimum atomic E-state index is -0.803. The van der Waals surface area contributed by atoms with Crippen LogP contribution in [0.5, 0.6) is 11.5 Å². The number of hydrogen-bond acceptors (Lipinski definition) is 9. The number of hydrogen-bond donors (Lipinski definition) is 0. The predicted molar refractivity (Wildman–Crippen MR) is 100 cm³/mol. The Morgan fingerprint density at radius 2 is 1.52 bits per heavy atom. The monoisotopic (exact) mass is 410 g/mol. The number of carbonyl (C=O) groups is 4. The Morgan fingerprint density at radius 3 is 2.07 bits per heavy atom. The van der Waals surface area contributed by atoms with E-state index in [0.29, 0.717) is 23.5 Å². The van der Waals surface area contributed by atoms with Crippen LogP contribution in [0.4, 0.5) is 0 Å². The van der Waals surface area contributed by atoms with Crippen molar-refractivity contribution in [1.82, 2.24) is 0 Å². The summed E-state index contributed by atoms with van der Waals surface area (Å²) in [5.74, 6) is -1.23. The van der Waals surface area contributed by atoms with Gasteiger partial charge in [-0.2, -0.15) is 0 Å². The SMILES string of the molecule is CC(=O)OCC(COc1ccc(OC(C)=O)cc1CC(C)OC(C)=O)OC(C)=O. The van der Waals surface area contributed by atoms with E-state index in [2.05, 4.69) is 0 Å². The molecule has 9 nitrogen and oxygen atoms in total. The van der Waals surface area contributed by atoms with Gasteiger partial charge in [-0.15, -0.1) is 0 Å². The van der Waals surface area contributed by atoms with Crippen molar-refractivity contribution in [2.45, 2.75) is 53.2 Å². The molecule has 0 heterocycles. The van der Waals surface area contributed by atoms with Crippen LogP contribution in [0.1, 0.15) is 40.2 Å². The molecule has 1 aromatic rings. The van der Waals surface area contributed by atoms with E-state index in [4.69, 9.17) is 23.7 Å². The van der Waals surface area contributed by atoms with Crippen molar-refractivity contribution >= 4 is 23.9 Å². The molecule has 160 valence electrons. The van der Waals surface area contributed by atoms with E-state index in [1.165, 1.54) is 27.7 Å². The van der Waals surface area contributed by atoms with Crippen molar-refractivity contribution < 1.29 is 42.9 Å². The molecule has 0 aromatic heterocycles. The van der Waals surface area contributed by atoms with Gasteiger partial charge in [-0.05, 0) is 25.1 Å². The largest absolute Gasteiger partial charge is 0.489 e. The average Bonchev–Trinajstić information content (AvgIpc) is 2.56. The van der Waals surface area contributed by atoms with Crippen LogP contribution in [0.15, 0.2) is 18.2 Å². The number of esters is 4. The van der Waals surface area contributed by atoms with Crippen LogP contribution in [-0.2, 0) is 39.8 Å². The Labute approximate surface area is 169 Å². The normalized spacial score (nSPS) is 12.3. The summed E-state index contributed by atoms with van der Waals surface area (Å²) in [6.45, 7) is 6.56. The van der Waals surface area contributed by atoms with Gasteiger partial charge in [0, 0.05) is 39.7 Å². The molecule has 29 heavy (non-hydrogen) atoms. The molecule has 0 saturated heterocycles. The second-order valence-corrected chi connectivity index (χ2v) is 6.33. The number of carbonyl (C=O) groups excluding carboxylic acids is 4. The molecule has 0 spiro atoms. The molecule has 0 aliphatic heterocycles. The van der Waals surface area contributed by atoms with Crippen LogP contribution in [-0.4, -0.2) is 49.3 Å². The minimum Gasteiger partial charge on any atom is -0.489 e. The Kier molecular flexibility index (Phi) is 9.64. The fourth-order valence-corrected chi connectivity index (χ4v) is 2.46. The fraction of sp³-hybridized carbons (Fsp3) is 0.500. The zero-order chi connectivity index (χ0) is 22.0. The minimum absolute atomic E-state index is 0.0747. The maximum absolute atomic E-state index is 11.3. The van der Waals surface area contributed by atoms with E-state index < -0.39 is 36.1 Å². The van der Waals surface area contributed by atoms with Gasteiger partial charge in [-0.3, -0.25) is 19.2 Å². The van der Waals surface area contributed by atoms with Gasteiger partial charge in [0.05, 0.1) is 0 Å². The molecule has 0 amide bonds. The molecule has 1 rings (SSSR count). The first-order valence-corrected chi connectivity index (χ1v) is 8.98. The van der Waals surface area contributed by atoms with Crippen molar-refractivity contribution in [3.8, 4) is 11.5 Å². The second-order valence-electron chi connectivity index (χ2n) is 6.33. The topological polar surface area (TPSA) is 114 Å². The van der Waals surface area contributed by atoms with Crippen LogP contribution in [0.2, 0.25) is 0 Å². The van der Waals surface area contributed by atoms with Gasteiger partial charge >= 0.3 is 23.9 Å². The highest BCUT2D eigenvalue weighted by Crippen LogP contribution is 2.27. The lowest BCUT2D eigenvalue weighted by atomic mass is 10.1. The van der Waals surface area contributed by atoms with E-state index in [1.54, 1.807) is 25.1 Å². The van der Waals surface area contributed by atoms with Crippen molar-refractivity contribution in [3.63, 3.8) is 0 Å². The summed E-state index contributed by atoms with van der Waals surface area (Å²) in [4.78, 5) is 44.7. The van der Waals surface area contributed by atoms with Gasteiger partial charge in [0.1, 0.15) is 30.8 Å². The first kappa shape index (κ1) is 23.9. The molecule has 0 N–H and O–H groups in total. The summed E-state index contributed by atoms with van der Waals surface area (Å²) in [7, 11) is 0. The van der Waals surface area contributed by atoms with Crippen LogP contribution >= 0.6 is 0 Å². The molecule has 9 heteroatoms. The molecular weight excluding hydrogens is 384 g/mol. The van der Waals surface area contributed by atoms with Gasteiger partial charge in [-0.1, -0.05) is 0 Å². The summed E-state index contributed by atoms with van der Waals surface area (Å²) < 4.78 is 26.0. The fourth-order valence-electron chi connectivity index (χ4n) is 2.46. The summed E-state index contributed by atoms with van der Waals surface area (Å²) in [5, 5.41) is 0. The van der Waals surface area contributed by atoms with Crippen molar-refractivity contribution in [2.24, 2.45) is 0 Å². The second kappa shape index (κ2) is 11.7. The summed E-state index contributed by atoms with van der Waals surface area (Å²) in [6, 6.07) is 4.73. The Morgan fingerprint density at radius 1 is 0.862 bits per heavy atom. The molecule has 0 saturated carbocycles. The van der Waals surface area contributed by atoms with Crippen LogP contribution < -0.4 is 9.47 Å². The lowest BCUT2D eigenvalue weighted by Crippen LogP contribution is -2.30. The van der Waals surface area contributed by atoms with Crippen molar-refractivity contribution in [2.75, 3.05) is 13.2 Å². The molecule has 0 radical (unpaired) electrons. The average molecular weight is 410 g/mol. The summed E-state index contributed by atoms with van der Waals surface area (Å²) in [6.07, 6.45) is -0.956. The van der Waals surface area contributed by atoms with Gasteiger partial charge in [0.15, 0.2) is 6.10 Å². The number of ether oxygens (including phenoxy) is 5. The standard InChI is InChI=1S/C20H26O9/c1-12(27-14(3)22)8-17-9-18(28-15(4)23)6-7-20(17)26-11-19(29-16(5)24)10-25-13(2)21/h6-7,9,12,19H,8,10-11H2,1-5H3. The Hall–Kier alpha value is -3.10.